The third-order valence-corrected chi connectivity index (χ3v) is 5.33. The van der Waals surface area contributed by atoms with Crippen LogP contribution in [-0.4, -0.2) is 36.2 Å². The quantitative estimate of drug-likeness (QED) is 0.827. The molecule has 0 bridgehead atoms. The van der Waals surface area contributed by atoms with Gasteiger partial charge in [-0.3, -0.25) is 4.90 Å². The van der Waals surface area contributed by atoms with Gasteiger partial charge in [-0.15, -0.1) is 0 Å². The van der Waals surface area contributed by atoms with Gasteiger partial charge in [0.05, 0.1) is 0 Å². The Balaban J connectivity index is 2.59. The lowest BCUT2D eigenvalue weighted by Gasteiger charge is -2.37. The molecule has 0 radical (unpaired) electrons. The molecule has 2 N–H and O–H groups in total. The summed E-state index contributed by atoms with van der Waals surface area (Å²) in [6.45, 7) is 19.8. The molecule has 1 aromatic carbocycles. The molecule has 0 amide bonds. The summed E-state index contributed by atoms with van der Waals surface area (Å²) in [7, 11) is 0. The van der Waals surface area contributed by atoms with Crippen LogP contribution in [0.5, 0.6) is 5.75 Å². The number of rotatable bonds is 4. The highest BCUT2D eigenvalue weighted by Crippen LogP contribution is 2.42. The highest BCUT2D eigenvalue weighted by Gasteiger charge is 2.30. The number of hydrogen-bond donors (Lipinski definition) is 2. The van der Waals surface area contributed by atoms with E-state index < -0.39 is 0 Å². The second-order valence-corrected chi connectivity index (χ2v) is 9.55. The maximum Gasteiger partial charge on any atom is 0.124 e. The van der Waals surface area contributed by atoms with E-state index in [9.17, 15) is 5.11 Å². The van der Waals surface area contributed by atoms with Crippen LogP contribution in [0.4, 0.5) is 0 Å². The molecule has 1 heterocycles. The average Bonchev–Trinajstić information content (AvgIpc) is 2.52. The molecule has 2 rings (SSSR count). The van der Waals surface area contributed by atoms with E-state index >= 15 is 0 Å². The van der Waals surface area contributed by atoms with Crippen molar-refractivity contribution in [3.63, 3.8) is 0 Å². The minimum absolute atomic E-state index is 0.0691. The first-order valence-electron chi connectivity index (χ1n) is 9.88. The van der Waals surface area contributed by atoms with Crippen molar-refractivity contribution in [2.45, 2.75) is 78.2 Å². The summed E-state index contributed by atoms with van der Waals surface area (Å²) < 4.78 is 0. The zero-order chi connectivity index (χ0) is 18.8. The van der Waals surface area contributed by atoms with Gasteiger partial charge in [0, 0.05) is 37.8 Å². The standard InChI is InChI=1S/C22H38N2O/c1-8-9-19(24-12-10-23-11-13-24)17-14-16(21(2,3)4)15-18(20(17)25)22(5,6)7/h14-15,19,23,25H,8-13H2,1-7H3/t19-/m0/s1. The maximum atomic E-state index is 11.2. The molecule has 1 saturated heterocycles. The van der Waals surface area contributed by atoms with E-state index in [0.717, 1.165) is 50.1 Å². The first-order chi connectivity index (χ1) is 11.6. The van der Waals surface area contributed by atoms with Crippen molar-refractivity contribution < 1.29 is 5.11 Å². The number of benzene rings is 1. The molecule has 0 aromatic heterocycles. The molecule has 3 heteroatoms. The first-order valence-corrected chi connectivity index (χ1v) is 9.88. The number of aromatic hydroxyl groups is 1. The molecule has 3 nitrogen and oxygen atoms in total. The number of phenolic OH excluding ortho intramolecular Hbond substituents is 1. The molecule has 0 unspecified atom stereocenters. The lowest BCUT2D eigenvalue weighted by molar-refractivity contribution is 0.161. The van der Waals surface area contributed by atoms with Crippen molar-refractivity contribution in [2.24, 2.45) is 0 Å². The number of phenols is 1. The van der Waals surface area contributed by atoms with Crippen molar-refractivity contribution in [2.75, 3.05) is 26.2 Å². The monoisotopic (exact) mass is 346 g/mol. The van der Waals surface area contributed by atoms with Gasteiger partial charge in [0.15, 0.2) is 0 Å². The van der Waals surface area contributed by atoms with Gasteiger partial charge in [0.1, 0.15) is 5.75 Å². The maximum absolute atomic E-state index is 11.2. The Labute approximate surface area is 154 Å². The van der Waals surface area contributed by atoms with E-state index in [0.29, 0.717) is 11.8 Å². The van der Waals surface area contributed by atoms with Crippen molar-refractivity contribution in [3.8, 4) is 5.75 Å². The number of hydrogen-bond acceptors (Lipinski definition) is 3. The van der Waals surface area contributed by atoms with Crippen LogP contribution in [0.1, 0.15) is 84.0 Å². The average molecular weight is 347 g/mol. The van der Waals surface area contributed by atoms with Gasteiger partial charge >= 0.3 is 0 Å². The third-order valence-electron chi connectivity index (χ3n) is 5.33. The van der Waals surface area contributed by atoms with Crippen LogP contribution in [0.2, 0.25) is 0 Å². The molecule has 1 aliphatic heterocycles. The fourth-order valence-corrected chi connectivity index (χ4v) is 3.72. The van der Waals surface area contributed by atoms with Crippen LogP contribution in [0, 0.1) is 0 Å². The first kappa shape index (κ1) is 20.3. The third kappa shape index (κ3) is 4.77. The van der Waals surface area contributed by atoms with E-state index in [1.54, 1.807) is 0 Å². The van der Waals surface area contributed by atoms with Crippen molar-refractivity contribution >= 4 is 0 Å². The van der Waals surface area contributed by atoms with E-state index in [4.69, 9.17) is 0 Å². The molecule has 0 aliphatic carbocycles. The van der Waals surface area contributed by atoms with Crippen LogP contribution in [-0.2, 0) is 10.8 Å². The van der Waals surface area contributed by atoms with Gasteiger partial charge in [-0.2, -0.15) is 0 Å². The van der Waals surface area contributed by atoms with Gasteiger partial charge < -0.3 is 10.4 Å². The second kappa shape index (κ2) is 7.67. The Morgan fingerprint density at radius 1 is 1.04 bits per heavy atom. The minimum Gasteiger partial charge on any atom is -0.507 e. The van der Waals surface area contributed by atoms with Crippen LogP contribution in [0.15, 0.2) is 12.1 Å². The van der Waals surface area contributed by atoms with Crippen LogP contribution in [0.3, 0.4) is 0 Å². The van der Waals surface area contributed by atoms with Gasteiger partial charge in [-0.05, 0) is 34.4 Å². The predicted octanol–water partition coefficient (Wildman–Crippen LogP) is 4.73. The number of piperazine rings is 1. The molecule has 0 spiro atoms. The largest absolute Gasteiger partial charge is 0.507 e. The highest BCUT2D eigenvalue weighted by molar-refractivity contribution is 5.50. The van der Waals surface area contributed by atoms with E-state index in [-0.39, 0.29) is 10.8 Å². The summed E-state index contributed by atoms with van der Waals surface area (Å²) in [5, 5.41) is 14.6. The fraction of sp³-hybridized carbons (Fsp3) is 0.727. The van der Waals surface area contributed by atoms with Crippen LogP contribution in [0.25, 0.3) is 0 Å². The van der Waals surface area contributed by atoms with Crippen molar-refractivity contribution in [1.29, 1.82) is 0 Å². The smallest absolute Gasteiger partial charge is 0.124 e. The Morgan fingerprint density at radius 3 is 2.12 bits per heavy atom. The molecule has 142 valence electrons. The molecule has 1 aromatic rings. The van der Waals surface area contributed by atoms with E-state index in [2.05, 4.69) is 70.8 Å². The molecular weight excluding hydrogens is 308 g/mol. The Morgan fingerprint density at radius 2 is 1.64 bits per heavy atom. The van der Waals surface area contributed by atoms with Crippen molar-refractivity contribution in [1.82, 2.24) is 10.2 Å². The Kier molecular flexibility index (Phi) is 6.22. The van der Waals surface area contributed by atoms with Gasteiger partial charge in [-0.1, -0.05) is 61.0 Å². The summed E-state index contributed by atoms with van der Waals surface area (Å²) in [4.78, 5) is 2.55. The van der Waals surface area contributed by atoms with Crippen LogP contribution < -0.4 is 5.32 Å². The highest BCUT2D eigenvalue weighted by atomic mass is 16.3. The second-order valence-electron chi connectivity index (χ2n) is 9.55. The molecular formula is C22H38N2O. The normalized spacial score (nSPS) is 18.4. The molecule has 0 saturated carbocycles. The van der Waals surface area contributed by atoms with E-state index in [1.807, 2.05) is 0 Å². The van der Waals surface area contributed by atoms with Crippen molar-refractivity contribution in [3.05, 3.63) is 28.8 Å². The molecule has 1 fully saturated rings. The predicted molar refractivity (Wildman–Crippen MR) is 108 cm³/mol. The zero-order valence-corrected chi connectivity index (χ0v) is 17.4. The minimum atomic E-state index is -0.0691. The van der Waals surface area contributed by atoms with Gasteiger partial charge in [-0.25, -0.2) is 0 Å². The van der Waals surface area contributed by atoms with Gasteiger partial charge in [0.25, 0.3) is 0 Å². The Bertz CT molecular complexity index is 575. The molecule has 1 atom stereocenters. The number of nitrogens with zero attached hydrogens (tertiary/aromatic N) is 1. The lowest BCUT2D eigenvalue weighted by atomic mass is 9.77. The van der Waals surface area contributed by atoms with Gasteiger partial charge in [0.2, 0.25) is 0 Å². The topological polar surface area (TPSA) is 35.5 Å². The Hall–Kier alpha value is -1.06. The summed E-state index contributed by atoms with van der Waals surface area (Å²) in [5.74, 6) is 0.512. The molecule has 1 aliphatic rings. The summed E-state index contributed by atoms with van der Waals surface area (Å²) in [6.07, 6.45) is 2.21. The van der Waals surface area contributed by atoms with E-state index in [1.165, 1.54) is 5.56 Å². The lowest BCUT2D eigenvalue weighted by Crippen LogP contribution is -2.45. The molecule has 25 heavy (non-hydrogen) atoms. The summed E-state index contributed by atoms with van der Waals surface area (Å²) >= 11 is 0. The summed E-state index contributed by atoms with van der Waals surface area (Å²) in [5.41, 5.74) is 3.52. The SMILES string of the molecule is CCC[C@@H](c1cc(C(C)(C)C)cc(C(C)(C)C)c1O)N1CCNCC1. The van der Waals surface area contributed by atoms with Crippen LogP contribution >= 0.6 is 0 Å². The fourth-order valence-electron chi connectivity index (χ4n) is 3.72. The zero-order valence-electron chi connectivity index (χ0n) is 17.4. The number of nitrogens with one attached hydrogen (secondary N) is 1. The summed E-state index contributed by atoms with van der Waals surface area (Å²) in [6, 6.07) is 4.79.